The number of phenolic OH excluding ortho intramolecular Hbond substituents is 1. The van der Waals surface area contributed by atoms with Crippen molar-refractivity contribution in [2.75, 3.05) is 6.54 Å². The van der Waals surface area contributed by atoms with Crippen LogP contribution in [0.1, 0.15) is 43.1 Å². The summed E-state index contributed by atoms with van der Waals surface area (Å²) in [5.74, 6) is 0.108. The minimum absolute atomic E-state index is 0.0796. The van der Waals surface area contributed by atoms with Gasteiger partial charge in [0.1, 0.15) is 5.75 Å². The molecular formula is C14H21NO2. The molecule has 0 radical (unpaired) electrons. The monoisotopic (exact) mass is 235 g/mol. The third-order valence-electron chi connectivity index (χ3n) is 3.14. The third-order valence-corrected chi connectivity index (χ3v) is 3.14. The highest BCUT2D eigenvalue weighted by Gasteiger charge is 2.17. The zero-order valence-electron chi connectivity index (χ0n) is 11.0. The highest BCUT2D eigenvalue weighted by atomic mass is 16.3. The summed E-state index contributed by atoms with van der Waals surface area (Å²) in [5.41, 5.74) is 1.52. The van der Waals surface area contributed by atoms with Crippen LogP contribution in [0, 0.1) is 12.3 Å². The molecule has 0 aliphatic rings. The number of phenols is 1. The van der Waals surface area contributed by atoms with Gasteiger partial charge in [-0.25, -0.2) is 0 Å². The standard InChI is InChI=1S/C14H21NO2/c1-5-14(3,4)9-15-13(17)12-7-6-11(16)8-10(12)2/h6-8,16H,5,9H2,1-4H3,(H,15,17). The Hall–Kier alpha value is -1.51. The fourth-order valence-corrected chi connectivity index (χ4v) is 1.44. The summed E-state index contributed by atoms with van der Waals surface area (Å²) in [6, 6.07) is 4.78. The van der Waals surface area contributed by atoms with Gasteiger partial charge < -0.3 is 10.4 Å². The number of carbonyl (C=O) groups is 1. The molecule has 1 aromatic rings. The van der Waals surface area contributed by atoms with E-state index in [9.17, 15) is 9.90 Å². The van der Waals surface area contributed by atoms with Crippen LogP contribution in [0.2, 0.25) is 0 Å². The molecule has 0 saturated carbocycles. The van der Waals surface area contributed by atoms with Crippen LogP contribution >= 0.6 is 0 Å². The smallest absolute Gasteiger partial charge is 0.251 e. The first kappa shape index (κ1) is 13.6. The first-order valence-electron chi connectivity index (χ1n) is 5.93. The molecule has 0 atom stereocenters. The second-order valence-electron chi connectivity index (χ2n) is 5.20. The largest absolute Gasteiger partial charge is 0.508 e. The molecule has 3 heteroatoms. The number of carbonyl (C=O) groups excluding carboxylic acids is 1. The van der Waals surface area contributed by atoms with Gasteiger partial charge in [-0.15, -0.1) is 0 Å². The quantitative estimate of drug-likeness (QED) is 0.843. The summed E-state index contributed by atoms with van der Waals surface area (Å²) in [5, 5.41) is 12.2. The van der Waals surface area contributed by atoms with E-state index in [-0.39, 0.29) is 17.1 Å². The Morgan fingerprint density at radius 3 is 2.59 bits per heavy atom. The van der Waals surface area contributed by atoms with Gasteiger partial charge in [-0.3, -0.25) is 4.79 Å². The van der Waals surface area contributed by atoms with Gasteiger partial charge in [-0.1, -0.05) is 20.8 Å². The van der Waals surface area contributed by atoms with Crippen molar-refractivity contribution in [3.63, 3.8) is 0 Å². The van der Waals surface area contributed by atoms with E-state index in [4.69, 9.17) is 0 Å². The molecule has 0 saturated heterocycles. The Kier molecular flexibility index (Phi) is 4.16. The number of nitrogens with one attached hydrogen (secondary N) is 1. The van der Waals surface area contributed by atoms with Gasteiger partial charge in [0.2, 0.25) is 0 Å². The van der Waals surface area contributed by atoms with E-state index < -0.39 is 0 Å². The molecule has 0 aliphatic carbocycles. The lowest BCUT2D eigenvalue weighted by Gasteiger charge is -2.23. The molecule has 1 amide bonds. The summed E-state index contributed by atoms with van der Waals surface area (Å²) in [4.78, 5) is 11.9. The van der Waals surface area contributed by atoms with E-state index >= 15 is 0 Å². The van der Waals surface area contributed by atoms with Crippen molar-refractivity contribution in [3.8, 4) is 5.75 Å². The predicted octanol–water partition coefficient (Wildman–Crippen LogP) is 2.87. The molecule has 0 spiro atoms. The molecule has 0 fully saturated rings. The van der Waals surface area contributed by atoms with Crippen molar-refractivity contribution in [1.29, 1.82) is 0 Å². The Morgan fingerprint density at radius 1 is 1.41 bits per heavy atom. The van der Waals surface area contributed by atoms with Crippen molar-refractivity contribution >= 4 is 5.91 Å². The van der Waals surface area contributed by atoms with Crippen LogP contribution in [0.5, 0.6) is 5.75 Å². The lowest BCUT2D eigenvalue weighted by atomic mass is 9.90. The molecule has 0 unspecified atom stereocenters. The fraction of sp³-hybridized carbons (Fsp3) is 0.500. The van der Waals surface area contributed by atoms with E-state index in [1.807, 2.05) is 6.92 Å². The number of aryl methyl sites for hydroxylation is 1. The average Bonchev–Trinajstić information content (AvgIpc) is 2.26. The van der Waals surface area contributed by atoms with Crippen molar-refractivity contribution in [3.05, 3.63) is 29.3 Å². The molecule has 94 valence electrons. The van der Waals surface area contributed by atoms with E-state index in [2.05, 4.69) is 26.1 Å². The first-order chi connectivity index (χ1) is 7.85. The van der Waals surface area contributed by atoms with Crippen molar-refractivity contribution < 1.29 is 9.90 Å². The third kappa shape index (κ3) is 3.77. The van der Waals surface area contributed by atoms with Crippen LogP contribution in [-0.4, -0.2) is 17.6 Å². The van der Waals surface area contributed by atoms with E-state index in [1.54, 1.807) is 12.1 Å². The number of aromatic hydroxyl groups is 1. The summed E-state index contributed by atoms with van der Waals surface area (Å²) < 4.78 is 0. The SMILES string of the molecule is CCC(C)(C)CNC(=O)c1ccc(O)cc1C. The molecule has 0 bridgehead atoms. The average molecular weight is 235 g/mol. The summed E-state index contributed by atoms with van der Waals surface area (Å²) in [7, 11) is 0. The number of amides is 1. The minimum atomic E-state index is -0.0796. The molecule has 0 aliphatic heterocycles. The molecule has 1 rings (SSSR count). The normalized spacial score (nSPS) is 11.3. The van der Waals surface area contributed by atoms with Gasteiger partial charge in [0.15, 0.2) is 0 Å². The van der Waals surface area contributed by atoms with Crippen LogP contribution < -0.4 is 5.32 Å². The Morgan fingerprint density at radius 2 is 2.06 bits per heavy atom. The zero-order chi connectivity index (χ0) is 13.1. The molecule has 2 N–H and O–H groups in total. The maximum atomic E-state index is 11.9. The highest BCUT2D eigenvalue weighted by Crippen LogP contribution is 2.19. The van der Waals surface area contributed by atoms with Gasteiger partial charge in [0.25, 0.3) is 5.91 Å². The number of benzene rings is 1. The van der Waals surface area contributed by atoms with Gasteiger partial charge in [-0.2, -0.15) is 0 Å². The highest BCUT2D eigenvalue weighted by molar-refractivity contribution is 5.95. The number of hydrogen-bond acceptors (Lipinski definition) is 2. The van der Waals surface area contributed by atoms with Gasteiger partial charge >= 0.3 is 0 Å². The van der Waals surface area contributed by atoms with Crippen molar-refractivity contribution in [1.82, 2.24) is 5.32 Å². The maximum Gasteiger partial charge on any atom is 0.251 e. The summed E-state index contributed by atoms with van der Waals surface area (Å²) in [6.07, 6.45) is 1.02. The second kappa shape index (κ2) is 5.21. The Bertz CT molecular complexity index is 411. The topological polar surface area (TPSA) is 49.3 Å². The summed E-state index contributed by atoms with van der Waals surface area (Å²) >= 11 is 0. The lowest BCUT2D eigenvalue weighted by molar-refractivity contribution is 0.0935. The Balaban J connectivity index is 2.71. The van der Waals surface area contributed by atoms with E-state index in [0.717, 1.165) is 12.0 Å². The molecular weight excluding hydrogens is 214 g/mol. The van der Waals surface area contributed by atoms with Gasteiger partial charge in [0.05, 0.1) is 0 Å². The second-order valence-corrected chi connectivity index (χ2v) is 5.20. The zero-order valence-corrected chi connectivity index (χ0v) is 11.0. The van der Waals surface area contributed by atoms with Gasteiger partial charge in [-0.05, 0) is 42.5 Å². The van der Waals surface area contributed by atoms with Crippen LogP contribution in [0.25, 0.3) is 0 Å². The van der Waals surface area contributed by atoms with Crippen LogP contribution in [0.4, 0.5) is 0 Å². The van der Waals surface area contributed by atoms with Crippen LogP contribution in [-0.2, 0) is 0 Å². The van der Waals surface area contributed by atoms with E-state index in [1.165, 1.54) is 6.07 Å². The first-order valence-corrected chi connectivity index (χ1v) is 5.93. The van der Waals surface area contributed by atoms with Crippen LogP contribution in [0.15, 0.2) is 18.2 Å². The van der Waals surface area contributed by atoms with Gasteiger partial charge in [0, 0.05) is 12.1 Å². The lowest BCUT2D eigenvalue weighted by Crippen LogP contribution is -2.33. The maximum absolute atomic E-state index is 11.9. The van der Waals surface area contributed by atoms with Crippen LogP contribution in [0.3, 0.4) is 0 Å². The molecule has 0 heterocycles. The predicted molar refractivity (Wildman–Crippen MR) is 69.2 cm³/mol. The molecule has 1 aromatic carbocycles. The number of rotatable bonds is 4. The van der Waals surface area contributed by atoms with E-state index in [0.29, 0.717) is 12.1 Å². The molecule has 17 heavy (non-hydrogen) atoms. The molecule has 3 nitrogen and oxygen atoms in total. The van der Waals surface area contributed by atoms with Crippen molar-refractivity contribution in [2.45, 2.75) is 34.1 Å². The molecule has 0 aromatic heterocycles. The number of hydrogen-bond donors (Lipinski definition) is 2. The van der Waals surface area contributed by atoms with Crippen molar-refractivity contribution in [2.24, 2.45) is 5.41 Å². The summed E-state index contributed by atoms with van der Waals surface area (Å²) in [6.45, 7) is 8.83. The minimum Gasteiger partial charge on any atom is -0.508 e. The Labute approximate surface area is 103 Å². The fourth-order valence-electron chi connectivity index (χ4n) is 1.44.